The Bertz CT molecular complexity index is 554. The number of benzene rings is 1. The van der Waals surface area contributed by atoms with Crippen molar-refractivity contribution in [3.8, 4) is 5.69 Å². The third-order valence-electron chi connectivity index (χ3n) is 1.98. The smallest absolute Gasteiger partial charge is 0.338 e. The van der Waals surface area contributed by atoms with Gasteiger partial charge in [0.05, 0.1) is 22.5 Å². The first-order chi connectivity index (χ1) is 7.58. The molecule has 0 spiro atoms. The highest BCUT2D eigenvalue weighted by Crippen LogP contribution is 2.21. The van der Waals surface area contributed by atoms with Gasteiger partial charge < -0.3 is 5.11 Å². The average molecular weight is 241 g/mol. The van der Waals surface area contributed by atoms with E-state index in [0.29, 0.717) is 10.7 Å². The number of rotatable bonds is 2. The Hall–Kier alpha value is -1.88. The van der Waals surface area contributed by atoms with Crippen molar-refractivity contribution in [3.05, 3.63) is 47.0 Å². The maximum atomic E-state index is 13.0. The quantitative estimate of drug-likeness (QED) is 0.877. The van der Waals surface area contributed by atoms with Crippen LogP contribution >= 0.6 is 11.6 Å². The Morgan fingerprint density at radius 1 is 1.50 bits per heavy atom. The number of carbonyl (C=O) groups is 1. The first-order valence-electron chi connectivity index (χ1n) is 4.31. The van der Waals surface area contributed by atoms with Crippen LogP contribution < -0.4 is 0 Å². The van der Waals surface area contributed by atoms with Gasteiger partial charge in [-0.2, -0.15) is 5.10 Å². The maximum absolute atomic E-state index is 13.0. The molecule has 2 aromatic rings. The Kier molecular flexibility index (Phi) is 2.62. The number of aromatic carboxylic acids is 1. The fourth-order valence-corrected chi connectivity index (χ4v) is 1.43. The van der Waals surface area contributed by atoms with Gasteiger partial charge in [0.15, 0.2) is 0 Å². The van der Waals surface area contributed by atoms with E-state index < -0.39 is 11.8 Å². The number of carboxylic acid groups (broad SMARTS) is 1. The molecule has 0 bridgehead atoms. The van der Waals surface area contributed by atoms with Crippen molar-refractivity contribution in [1.29, 1.82) is 0 Å². The minimum atomic E-state index is -1.10. The molecule has 16 heavy (non-hydrogen) atoms. The van der Waals surface area contributed by atoms with Crippen LogP contribution in [0.15, 0.2) is 30.6 Å². The average Bonchev–Trinajstić information content (AvgIpc) is 2.70. The summed E-state index contributed by atoms with van der Waals surface area (Å²) >= 11 is 5.84. The molecule has 6 heteroatoms. The van der Waals surface area contributed by atoms with E-state index in [4.69, 9.17) is 16.7 Å². The zero-order valence-electron chi connectivity index (χ0n) is 7.89. The van der Waals surface area contributed by atoms with E-state index in [0.717, 1.165) is 0 Å². The molecule has 0 amide bonds. The summed E-state index contributed by atoms with van der Waals surface area (Å²) in [6.45, 7) is 0. The first-order valence-corrected chi connectivity index (χ1v) is 4.69. The van der Waals surface area contributed by atoms with Gasteiger partial charge in [0.1, 0.15) is 5.82 Å². The lowest BCUT2D eigenvalue weighted by Crippen LogP contribution is -1.97. The molecule has 82 valence electrons. The van der Waals surface area contributed by atoms with Crippen LogP contribution in [-0.2, 0) is 0 Å². The number of carboxylic acids is 1. The molecule has 1 heterocycles. The SMILES string of the molecule is O=C(O)c1cnn(-c2cc(F)ccc2Cl)c1. The standard InChI is InChI=1S/C10H6ClFN2O2/c11-8-2-1-7(12)3-9(8)14-5-6(4-13-14)10(15)16/h1-5H,(H,15,16). The molecule has 0 saturated carbocycles. The lowest BCUT2D eigenvalue weighted by molar-refractivity contribution is 0.0697. The van der Waals surface area contributed by atoms with Crippen molar-refractivity contribution >= 4 is 17.6 Å². The van der Waals surface area contributed by atoms with Crippen LogP contribution in [0.3, 0.4) is 0 Å². The normalized spacial score (nSPS) is 10.4. The lowest BCUT2D eigenvalue weighted by atomic mass is 10.3. The molecule has 4 nitrogen and oxygen atoms in total. The highest BCUT2D eigenvalue weighted by Gasteiger charge is 2.10. The summed E-state index contributed by atoms with van der Waals surface area (Å²) in [7, 11) is 0. The van der Waals surface area contributed by atoms with Crippen LogP contribution in [0.5, 0.6) is 0 Å². The third-order valence-corrected chi connectivity index (χ3v) is 2.30. The zero-order valence-corrected chi connectivity index (χ0v) is 8.65. The summed E-state index contributed by atoms with van der Waals surface area (Å²) in [5.74, 6) is -1.56. The van der Waals surface area contributed by atoms with E-state index in [1.807, 2.05) is 0 Å². The topological polar surface area (TPSA) is 55.1 Å². The predicted molar refractivity (Wildman–Crippen MR) is 55.5 cm³/mol. The summed E-state index contributed by atoms with van der Waals surface area (Å²) < 4.78 is 14.2. The number of nitrogens with zero attached hydrogens (tertiary/aromatic N) is 2. The van der Waals surface area contributed by atoms with E-state index in [1.165, 1.54) is 35.3 Å². The first kappa shape index (κ1) is 10.6. The second-order valence-electron chi connectivity index (χ2n) is 3.07. The van der Waals surface area contributed by atoms with Crippen LogP contribution in [0.2, 0.25) is 5.02 Å². The molecule has 0 saturated heterocycles. The maximum Gasteiger partial charge on any atom is 0.338 e. The van der Waals surface area contributed by atoms with E-state index >= 15 is 0 Å². The zero-order chi connectivity index (χ0) is 11.7. The largest absolute Gasteiger partial charge is 0.478 e. The molecule has 1 aromatic carbocycles. The molecule has 0 fully saturated rings. The number of aromatic nitrogens is 2. The number of halogens is 2. The molecular formula is C10H6ClFN2O2. The lowest BCUT2D eigenvalue weighted by Gasteiger charge is -2.03. The van der Waals surface area contributed by atoms with Crippen LogP contribution in [-0.4, -0.2) is 20.9 Å². The molecule has 0 aliphatic heterocycles. The fourth-order valence-electron chi connectivity index (χ4n) is 1.23. The van der Waals surface area contributed by atoms with Gasteiger partial charge in [-0.15, -0.1) is 0 Å². The molecule has 0 radical (unpaired) electrons. The van der Waals surface area contributed by atoms with Gasteiger partial charge >= 0.3 is 5.97 Å². The fraction of sp³-hybridized carbons (Fsp3) is 0. The summed E-state index contributed by atoms with van der Waals surface area (Å²) in [6, 6.07) is 3.78. The molecule has 0 unspecified atom stereocenters. The van der Waals surface area contributed by atoms with Crippen molar-refractivity contribution < 1.29 is 14.3 Å². The van der Waals surface area contributed by atoms with E-state index in [9.17, 15) is 9.18 Å². The van der Waals surface area contributed by atoms with Crippen molar-refractivity contribution in [2.45, 2.75) is 0 Å². The van der Waals surface area contributed by atoms with Gasteiger partial charge in [-0.1, -0.05) is 11.6 Å². The Balaban J connectivity index is 2.50. The van der Waals surface area contributed by atoms with Gasteiger partial charge in [-0.25, -0.2) is 13.9 Å². The number of hydrogen-bond acceptors (Lipinski definition) is 2. The van der Waals surface area contributed by atoms with E-state index in [-0.39, 0.29) is 5.56 Å². The Labute approximate surface area is 94.9 Å². The van der Waals surface area contributed by atoms with Gasteiger partial charge in [0.2, 0.25) is 0 Å². The molecule has 1 aromatic heterocycles. The second kappa shape index (κ2) is 3.94. The minimum absolute atomic E-state index is 0.0142. The monoisotopic (exact) mass is 240 g/mol. The van der Waals surface area contributed by atoms with Crippen LogP contribution in [0.1, 0.15) is 10.4 Å². The summed E-state index contributed by atoms with van der Waals surface area (Å²) in [6.07, 6.45) is 2.44. The van der Waals surface area contributed by atoms with Crippen molar-refractivity contribution in [2.75, 3.05) is 0 Å². The van der Waals surface area contributed by atoms with Crippen molar-refractivity contribution in [1.82, 2.24) is 9.78 Å². The summed E-state index contributed by atoms with van der Waals surface area (Å²) in [5, 5.41) is 12.8. The van der Waals surface area contributed by atoms with Crippen LogP contribution in [0.4, 0.5) is 4.39 Å². The molecule has 2 rings (SSSR count). The second-order valence-corrected chi connectivity index (χ2v) is 3.48. The molecule has 0 atom stereocenters. The summed E-state index contributed by atoms with van der Waals surface area (Å²) in [4.78, 5) is 10.6. The molecule has 0 aliphatic rings. The van der Waals surface area contributed by atoms with Crippen LogP contribution in [0.25, 0.3) is 5.69 Å². The Morgan fingerprint density at radius 2 is 2.25 bits per heavy atom. The van der Waals surface area contributed by atoms with Gasteiger partial charge in [-0.3, -0.25) is 0 Å². The highest BCUT2D eigenvalue weighted by molar-refractivity contribution is 6.32. The van der Waals surface area contributed by atoms with Crippen molar-refractivity contribution in [3.63, 3.8) is 0 Å². The summed E-state index contributed by atoms with van der Waals surface area (Å²) in [5.41, 5.74) is 0.314. The predicted octanol–water partition coefficient (Wildman–Crippen LogP) is 2.36. The van der Waals surface area contributed by atoms with Crippen LogP contribution in [0, 0.1) is 5.82 Å². The Morgan fingerprint density at radius 3 is 2.88 bits per heavy atom. The highest BCUT2D eigenvalue weighted by atomic mass is 35.5. The van der Waals surface area contributed by atoms with E-state index in [2.05, 4.69) is 5.10 Å². The van der Waals surface area contributed by atoms with E-state index in [1.54, 1.807) is 0 Å². The molecular weight excluding hydrogens is 235 g/mol. The van der Waals surface area contributed by atoms with Gasteiger partial charge in [0.25, 0.3) is 0 Å². The van der Waals surface area contributed by atoms with Gasteiger partial charge in [-0.05, 0) is 12.1 Å². The molecule has 0 aliphatic carbocycles. The van der Waals surface area contributed by atoms with Crippen molar-refractivity contribution in [2.24, 2.45) is 0 Å². The number of hydrogen-bond donors (Lipinski definition) is 1. The third kappa shape index (κ3) is 1.90. The van der Waals surface area contributed by atoms with Gasteiger partial charge in [0, 0.05) is 12.3 Å². The molecule has 1 N–H and O–H groups in total. The minimum Gasteiger partial charge on any atom is -0.478 e.